The van der Waals surface area contributed by atoms with E-state index in [4.69, 9.17) is 5.11 Å². The third-order valence-corrected chi connectivity index (χ3v) is 2.68. The van der Waals surface area contributed by atoms with E-state index in [2.05, 4.69) is 20.8 Å². The van der Waals surface area contributed by atoms with Gasteiger partial charge in [0.2, 0.25) is 0 Å². The average molecular weight is 268 g/mol. The molecule has 1 heterocycles. The Kier molecular flexibility index (Phi) is 5.35. The molecule has 0 bridgehead atoms. The van der Waals surface area contributed by atoms with Crippen LogP contribution in [0.25, 0.3) is 0 Å². The van der Waals surface area contributed by atoms with Crippen molar-refractivity contribution in [2.24, 2.45) is 5.92 Å². The molecule has 0 saturated carbocycles. The lowest BCUT2D eigenvalue weighted by molar-refractivity contribution is -0.139. The molecule has 0 aromatic carbocycles. The fourth-order valence-corrected chi connectivity index (χ4v) is 1.67. The molecule has 4 N–H and O–H groups in total. The molecule has 7 heteroatoms. The number of aromatic nitrogens is 2. The molecular weight excluding hydrogens is 248 g/mol. The summed E-state index contributed by atoms with van der Waals surface area (Å²) in [5.41, 5.74) is 0.825. The summed E-state index contributed by atoms with van der Waals surface area (Å²) in [5, 5.41) is 20.6. The minimum atomic E-state index is -1.03. The van der Waals surface area contributed by atoms with E-state index in [-0.39, 0.29) is 12.0 Å². The molecule has 0 aliphatic rings. The zero-order valence-corrected chi connectivity index (χ0v) is 11.3. The second kappa shape index (κ2) is 6.77. The average Bonchev–Trinajstić information content (AvgIpc) is 2.80. The Morgan fingerprint density at radius 3 is 2.53 bits per heavy atom. The number of hydrogen-bond acceptors (Lipinski definition) is 3. The number of rotatable bonds is 6. The van der Waals surface area contributed by atoms with Gasteiger partial charge in [-0.1, -0.05) is 13.8 Å². The molecule has 106 valence electrons. The predicted octanol–water partition coefficient (Wildman–Crippen LogP) is 1.27. The van der Waals surface area contributed by atoms with Gasteiger partial charge in [-0.15, -0.1) is 0 Å². The first kappa shape index (κ1) is 15.0. The molecule has 2 unspecified atom stereocenters. The van der Waals surface area contributed by atoms with E-state index in [1.54, 1.807) is 19.3 Å². The smallest absolute Gasteiger partial charge is 0.326 e. The van der Waals surface area contributed by atoms with Crippen LogP contribution in [-0.4, -0.2) is 33.3 Å². The summed E-state index contributed by atoms with van der Waals surface area (Å²) in [5.74, 6) is -0.840. The van der Waals surface area contributed by atoms with Crippen LogP contribution in [0, 0.1) is 5.92 Å². The number of aliphatic carboxylic acids is 1. The lowest BCUT2D eigenvalue weighted by atomic mass is 10.0. The number of carbonyl (C=O) groups excluding carboxylic acids is 1. The van der Waals surface area contributed by atoms with Crippen molar-refractivity contribution in [1.82, 2.24) is 20.8 Å². The number of H-pyrrole nitrogens is 1. The number of urea groups is 1. The predicted molar refractivity (Wildman–Crippen MR) is 69.5 cm³/mol. The maximum atomic E-state index is 11.7. The second-order valence-electron chi connectivity index (χ2n) is 4.89. The van der Waals surface area contributed by atoms with Gasteiger partial charge >= 0.3 is 12.0 Å². The first-order valence-electron chi connectivity index (χ1n) is 6.18. The van der Waals surface area contributed by atoms with Crippen LogP contribution in [0.5, 0.6) is 0 Å². The van der Waals surface area contributed by atoms with Crippen LogP contribution in [0.3, 0.4) is 0 Å². The molecule has 0 spiro atoms. The van der Waals surface area contributed by atoms with Crippen LogP contribution >= 0.6 is 0 Å². The summed E-state index contributed by atoms with van der Waals surface area (Å²) in [7, 11) is 0. The summed E-state index contributed by atoms with van der Waals surface area (Å²) in [6.07, 6.45) is 3.67. The lowest BCUT2D eigenvalue weighted by Gasteiger charge is -2.19. The highest BCUT2D eigenvalue weighted by Gasteiger charge is 2.21. The van der Waals surface area contributed by atoms with E-state index in [9.17, 15) is 9.59 Å². The Labute approximate surface area is 111 Å². The maximum Gasteiger partial charge on any atom is 0.326 e. The van der Waals surface area contributed by atoms with Gasteiger partial charge in [-0.25, -0.2) is 9.59 Å². The summed E-state index contributed by atoms with van der Waals surface area (Å²) in [6.45, 7) is 5.61. The molecule has 0 fully saturated rings. The monoisotopic (exact) mass is 268 g/mol. The van der Waals surface area contributed by atoms with Crippen molar-refractivity contribution in [2.75, 3.05) is 0 Å². The van der Waals surface area contributed by atoms with Crippen LogP contribution < -0.4 is 10.6 Å². The number of nitrogens with one attached hydrogen (secondary N) is 3. The van der Waals surface area contributed by atoms with Crippen molar-refractivity contribution in [1.29, 1.82) is 0 Å². The topological polar surface area (TPSA) is 107 Å². The first-order chi connectivity index (χ1) is 8.90. The minimum absolute atomic E-state index is 0.188. The number of carboxylic acids is 1. The minimum Gasteiger partial charge on any atom is -0.480 e. The lowest BCUT2D eigenvalue weighted by Crippen LogP contribution is -2.47. The van der Waals surface area contributed by atoms with Crippen molar-refractivity contribution in [3.63, 3.8) is 0 Å². The molecule has 1 aromatic rings. The van der Waals surface area contributed by atoms with E-state index in [1.165, 1.54) is 0 Å². The molecule has 0 saturated heterocycles. The molecule has 1 rings (SSSR count). The van der Waals surface area contributed by atoms with Crippen molar-refractivity contribution in [3.05, 3.63) is 18.0 Å². The van der Waals surface area contributed by atoms with E-state index < -0.39 is 18.0 Å². The summed E-state index contributed by atoms with van der Waals surface area (Å²) in [6, 6.07) is -1.62. The van der Waals surface area contributed by atoms with E-state index >= 15 is 0 Å². The highest BCUT2D eigenvalue weighted by Crippen LogP contribution is 2.09. The largest absolute Gasteiger partial charge is 0.480 e. The van der Waals surface area contributed by atoms with Gasteiger partial charge in [-0.05, 0) is 19.3 Å². The molecule has 2 atom stereocenters. The van der Waals surface area contributed by atoms with Crippen LogP contribution in [0.15, 0.2) is 12.4 Å². The second-order valence-corrected chi connectivity index (χ2v) is 4.89. The molecule has 2 amide bonds. The fourth-order valence-electron chi connectivity index (χ4n) is 1.67. The first-order valence-corrected chi connectivity index (χ1v) is 6.18. The van der Waals surface area contributed by atoms with Crippen molar-refractivity contribution < 1.29 is 14.7 Å². The summed E-state index contributed by atoms with van der Waals surface area (Å²) in [4.78, 5) is 22.8. The molecule has 7 nitrogen and oxygen atoms in total. The zero-order valence-electron chi connectivity index (χ0n) is 11.3. The number of hydrogen-bond donors (Lipinski definition) is 4. The molecule has 0 aliphatic heterocycles. The number of amides is 2. The molecule has 19 heavy (non-hydrogen) atoms. The highest BCUT2D eigenvalue weighted by molar-refractivity contribution is 5.82. The Morgan fingerprint density at radius 2 is 2.05 bits per heavy atom. The van der Waals surface area contributed by atoms with Crippen molar-refractivity contribution in [3.8, 4) is 0 Å². The van der Waals surface area contributed by atoms with Gasteiger partial charge in [0, 0.05) is 11.8 Å². The van der Waals surface area contributed by atoms with Crippen LogP contribution in [0.4, 0.5) is 4.79 Å². The van der Waals surface area contributed by atoms with E-state index in [0.29, 0.717) is 6.42 Å². The highest BCUT2D eigenvalue weighted by atomic mass is 16.4. The van der Waals surface area contributed by atoms with Gasteiger partial charge < -0.3 is 15.7 Å². The normalized spacial score (nSPS) is 13.9. The van der Waals surface area contributed by atoms with Gasteiger partial charge in [0.05, 0.1) is 12.2 Å². The third-order valence-electron chi connectivity index (χ3n) is 2.68. The Morgan fingerprint density at radius 1 is 1.37 bits per heavy atom. The number of nitrogens with zero attached hydrogens (tertiary/aromatic N) is 1. The van der Waals surface area contributed by atoms with Crippen molar-refractivity contribution in [2.45, 2.75) is 39.3 Å². The van der Waals surface area contributed by atoms with Gasteiger partial charge in [-0.3, -0.25) is 5.10 Å². The van der Waals surface area contributed by atoms with Gasteiger partial charge in [0.15, 0.2) is 0 Å². The van der Waals surface area contributed by atoms with Gasteiger partial charge in [0.25, 0.3) is 0 Å². The Hall–Kier alpha value is -2.05. The third kappa shape index (κ3) is 4.99. The van der Waals surface area contributed by atoms with Crippen LogP contribution in [0.2, 0.25) is 0 Å². The van der Waals surface area contributed by atoms with Crippen LogP contribution in [-0.2, 0) is 4.79 Å². The van der Waals surface area contributed by atoms with E-state index in [0.717, 1.165) is 5.56 Å². The SMILES string of the molecule is CC(C)CC(NC(=O)NC(C)c1cn[nH]c1)C(=O)O. The molecule has 0 radical (unpaired) electrons. The van der Waals surface area contributed by atoms with Crippen LogP contribution in [0.1, 0.15) is 38.8 Å². The van der Waals surface area contributed by atoms with Gasteiger partial charge in [-0.2, -0.15) is 5.10 Å². The summed E-state index contributed by atoms with van der Waals surface area (Å²) >= 11 is 0. The summed E-state index contributed by atoms with van der Waals surface area (Å²) < 4.78 is 0. The zero-order chi connectivity index (χ0) is 14.4. The molecular formula is C12H20N4O3. The number of aromatic amines is 1. The molecule has 1 aromatic heterocycles. The maximum absolute atomic E-state index is 11.7. The molecule has 0 aliphatic carbocycles. The standard InChI is InChI=1S/C12H20N4O3/c1-7(2)4-10(11(17)18)16-12(19)15-8(3)9-5-13-14-6-9/h5-8,10H,4H2,1-3H3,(H,13,14)(H,17,18)(H2,15,16,19). The fraction of sp³-hybridized carbons (Fsp3) is 0.583. The Bertz CT molecular complexity index is 417. The number of carboxylic acid groups (broad SMARTS) is 1. The number of carbonyl (C=O) groups is 2. The Balaban J connectivity index is 2.51. The van der Waals surface area contributed by atoms with Gasteiger partial charge in [0.1, 0.15) is 6.04 Å². The quantitative estimate of drug-likeness (QED) is 0.623. The van der Waals surface area contributed by atoms with E-state index in [1.807, 2.05) is 13.8 Å². The van der Waals surface area contributed by atoms with Crippen molar-refractivity contribution >= 4 is 12.0 Å².